The van der Waals surface area contributed by atoms with E-state index in [9.17, 15) is 9.18 Å². The van der Waals surface area contributed by atoms with Crippen molar-refractivity contribution in [2.75, 3.05) is 37.6 Å². The fourth-order valence-electron chi connectivity index (χ4n) is 2.96. The lowest BCUT2D eigenvalue weighted by atomic mass is 10.1. The fourth-order valence-corrected chi connectivity index (χ4v) is 3.17. The van der Waals surface area contributed by atoms with E-state index in [1.807, 2.05) is 30.3 Å². The predicted octanol–water partition coefficient (Wildman–Crippen LogP) is 3.55. The second-order valence-corrected chi connectivity index (χ2v) is 6.50. The average Bonchev–Trinajstić information content (AvgIpc) is 2.62. The molecule has 0 atom stereocenters. The van der Waals surface area contributed by atoms with Crippen LogP contribution in [-0.4, -0.2) is 43.7 Å². The number of carbonyl (C=O) groups is 1. The van der Waals surface area contributed by atoms with Crippen LogP contribution in [0.4, 0.5) is 14.9 Å². The van der Waals surface area contributed by atoms with E-state index in [0.29, 0.717) is 37.7 Å². The van der Waals surface area contributed by atoms with Gasteiger partial charge >= 0.3 is 6.03 Å². The van der Waals surface area contributed by atoms with Crippen molar-refractivity contribution in [3.05, 3.63) is 64.9 Å². The van der Waals surface area contributed by atoms with Crippen LogP contribution in [0.15, 0.2) is 48.5 Å². The van der Waals surface area contributed by atoms with Crippen LogP contribution >= 0.6 is 11.6 Å². The SMILES string of the molecule is O=C(NCCc1cccc(Cl)c1)N1CCN(c2cccc(F)c2)CC1. The summed E-state index contributed by atoms with van der Waals surface area (Å²) in [6.07, 6.45) is 0.746. The van der Waals surface area contributed by atoms with E-state index in [1.54, 1.807) is 11.0 Å². The number of hydrogen-bond donors (Lipinski definition) is 1. The first-order chi connectivity index (χ1) is 12.1. The van der Waals surface area contributed by atoms with Crippen molar-refractivity contribution in [1.82, 2.24) is 10.2 Å². The number of amides is 2. The number of rotatable bonds is 4. The maximum Gasteiger partial charge on any atom is 0.317 e. The summed E-state index contributed by atoms with van der Waals surface area (Å²) in [7, 11) is 0. The Labute approximate surface area is 152 Å². The lowest BCUT2D eigenvalue weighted by Gasteiger charge is -2.36. The average molecular weight is 362 g/mol. The van der Waals surface area contributed by atoms with E-state index in [-0.39, 0.29) is 11.8 Å². The van der Waals surface area contributed by atoms with Gasteiger partial charge in [0.05, 0.1) is 0 Å². The van der Waals surface area contributed by atoms with Gasteiger partial charge in [-0.05, 0) is 42.3 Å². The molecule has 2 aromatic carbocycles. The molecule has 0 spiro atoms. The molecule has 0 aliphatic carbocycles. The van der Waals surface area contributed by atoms with Gasteiger partial charge in [0.15, 0.2) is 0 Å². The Morgan fingerprint density at radius 3 is 2.56 bits per heavy atom. The van der Waals surface area contributed by atoms with Gasteiger partial charge in [-0.15, -0.1) is 0 Å². The van der Waals surface area contributed by atoms with E-state index >= 15 is 0 Å². The molecule has 0 aromatic heterocycles. The lowest BCUT2D eigenvalue weighted by Crippen LogP contribution is -2.52. The normalized spacial score (nSPS) is 14.5. The van der Waals surface area contributed by atoms with Crippen LogP contribution < -0.4 is 10.2 Å². The molecule has 0 saturated carbocycles. The van der Waals surface area contributed by atoms with Gasteiger partial charge in [-0.25, -0.2) is 9.18 Å². The molecule has 1 N–H and O–H groups in total. The van der Waals surface area contributed by atoms with E-state index in [1.165, 1.54) is 12.1 Å². The molecule has 2 aromatic rings. The Bertz CT molecular complexity index is 732. The van der Waals surface area contributed by atoms with Crippen LogP contribution in [0.3, 0.4) is 0 Å². The molecular formula is C19H21ClFN3O. The number of halogens is 2. The van der Waals surface area contributed by atoms with Gasteiger partial charge in [-0.1, -0.05) is 29.8 Å². The molecule has 25 heavy (non-hydrogen) atoms. The Morgan fingerprint density at radius 2 is 1.84 bits per heavy atom. The summed E-state index contributed by atoms with van der Waals surface area (Å²) in [6, 6.07) is 14.2. The highest BCUT2D eigenvalue weighted by molar-refractivity contribution is 6.30. The summed E-state index contributed by atoms with van der Waals surface area (Å²) in [5.41, 5.74) is 1.96. The summed E-state index contributed by atoms with van der Waals surface area (Å²) in [5, 5.41) is 3.66. The van der Waals surface area contributed by atoms with Crippen LogP contribution in [0, 0.1) is 5.82 Å². The third-order valence-corrected chi connectivity index (χ3v) is 4.55. The molecule has 1 saturated heterocycles. The number of hydrogen-bond acceptors (Lipinski definition) is 2. The molecular weight excluding hydrogens is 341 g/mol. The Kier molecular flexibility index (Phi) is 5.76. The maximum absolute atomic E-state index is 13.3. The Balaban J connectivity index is 1.44. The number of benzene rings is 2. The minimum atomic E-state index is -0.237. The molecule has 6 heteroatoms. The third kappa shape index (κ3) is 4.86. The fraction of sp³-hybridized carbons (Fsp3) is 0.316. The third-order valence-electron chi connectivity index (χ3n) is 4.32. The number of nitrogens with one attached hydrogen (secondary N) is 1. The van der Waals surface area contributed by atoms with Gasteiger partial charge in [-0.2, -0.15) is 0 Å². The first-order valence-corrected chi connectivity index (χ1v) is 8.77. The standard InChI is InChI=1S/C19H21ClFN3O/c20-16-4-1-3-15(13-16)7-8-22-19(25)24-11-9-23(10-12-24)18-6-2-5-17(21)14-18/h1-6,13-14H,7-12H2,(H,22,25). The van der Waals surface area contributed by atoms with Crippen molar-refractivity contribution >= 4 is 23.3 Å². The molecule has 132 valence electrons. The van der Waals surface area contributed by atoms with Crippen molar-refractivity contribution in [3.8, 4) is 0 Å². The maximum atomic E-state index is 13.3. The molecule has 2 amide bonds. The van der Waals surface area contributed by atoms with Crippen LogP contribution in [0.25, 0.3) is 0 Å². The summed E-state index contributed by atoms with van der Waals surface area (Å²) in [5.74, 6) is -0.237. The molecule has 4 nitrogen and oxygen atoms in total. The second-order valence-electron chi connectivity index (χ2n) is 6.07. The van der Waals surface area contributed by atoms with Crippen LogP contribution in [0.1, 0.15) is 5.56 Å². The largest absolute Gasteiger partial charge is 0.368 e. The van der Waals surface area contributed by atoms with Crippen LogP contribution in [0.5, 0.6) is 0 Å². The number of piperazine rings is 1. The van der Waals surface area contributed by atoms with E-state index in [4.69, 9.17) is 11.6 Å². The molecule has 3 rings (SSSR count). The zero-order chi connectivity index (χ0) is 17.6. The molecule has 0 unspecified atom stereocenters. The number of carbonyl (C=O) groups excluding carboxylic acids is 1. The van der Waals surface area contributed by atoms with Gasteiger partial charge in [0.1, 0.15) is 5.82 Å². The van der Waals surface area contributed by atoms with Crippen molar-refractivity contribution in [3.63, 3.8) is 0 Å². The first-order valence-electron chi connectivity index (χ1n) is 8.39. The Morgan fingerprint density at radius 1 is 1.08 bits per heavy atom. The van der Waals surface area contributed by atoms with Crippen molar-refractivity contribution in [2.24, 2.45) is 0 Å². The molecule has 0 bridgehead atoms. The quantitative estimate of drug-likeness (QED) is 0.903. The van der Waals surface area contributed by atoms with Gasteiger partial charge < -0.3 is 15.1 Å². The van der Waals surface area contributed by atoms with Crippen molar-refractivity contribution in [1.29, 1.82) is 0 Å². The summed E-state index contributed by atoms with van der Waals surface area (Å²) < 4.78 is 13.3. The summed E-state index contributed by atoms with van der Waals surface area (Å²) in [6.45, 7) is 3.22. The van der Waals surface area contributed by atoms with Crippen LogP contribution in [0.2, 0.25) is 5.02 Å². The number of anilines is 1. The monoisotopic (exact) mass is 361 g/mol. The van der Waals surface area contributed by atoms with Crippen LogP contribution in [-0.2, 0) is 6.42 Å². The van der Waals surface area contributed by atoms with E-state index in [2.05, 4.69) is 10.2 Å². The predicted molar refractivity (Wildman–Crippen MR) is 98.7 cm³/mol. The lowest BCUT2D eigenvalue weighted by molar-refractivity contribution is 0.194. The molecule has 1 fully saturated rings. The summed E-state index contributed by atoms with van der Waals surface area (Å²) in [4.78, 5) is 16.2. The van der Waals surface area contributed by atoms with Crippen molar-refractivity contribution in [2.45, 2.75) is 6.42 Å². The van der Waals surface area contributed by atoms with Gasteiger partial charge in [0, 0.05) is 43.4 Å². The first kappa shape index (κ1) is 17.5. The molecule has 1 aliphatic heterocycles. The minimum Gasteiger partial charge on any atom is -0.368 e. The highest BCUT2D eigenvalue weighted by Crippen LogP contribution is 2.17. The molecule has 1 heterocycles. The van der Waals surface area contributed by atoms with E-state index in [0.717, 1.165) is 17.7 Å². The van der Waals surface area contributed by atoms with Gasteiger partial charge in [0.25, 0.3) is 0 Å². The van der Waals surface area contributed by atoms with Crippen molar-refractivity contribution < 1.29 is 9.18 Å². The summed E-state index contributed by atoms with van der Waals surface area (Å²) >= 11 is 5.96. The highest BCUT2D eigenvalue weighted by Gasteiger charge is 2.21. The zero-order valence-electron chi connectivity index (χ0n) is 13.9. The topological polar surface area (TPSA) is 35.6 Å². The second kappa shape index (κ2) is 8.21. The van der Waals surface area contributed by atoms with E-state index < -0.39 is 0 Å². The van der Waals surface area contributed by atoms with Gasteiger partial charge in [-0.3, -0.25) is 0 Å². The van der Waals surface area contributed by atoms with Gasteiger partial charge in [0.2, 0.25) is 0 Å². The zero-order valence-corrected chi connectivity index (χ0v) is 14.7. The number of urea groups is 1. The minimum absolute atomic E-state index is 0.0547. The smallest absolute Gasteiger partial charge is 0.317 e. The highest BCUT2D eigenvalue weighted by atomic mass is 35.5. The molecule has 1 aliphatic rings. The Hall–Kier alpha value is -2.27. The number of nitrogens with zero attached hydrogens (tertiary/aromatic N) is 2. The molecule has 0 radical (unpaired) electrons.